The molecule has 10 aromatic rings. The summed E-state index contributed by atoms with van der Waals surface area (Å²) in [4.78, 5) is 5.48. The van der Waals surface area contributed by atoms with E-state index in [1.54, 1.807) is 0 Å². The molecule has 2 heterocycles. The fourth-order valence-electron chi connectivity index (χ4n) is 9.06. The highest BCUT2D eigenvalue weighted by molar-refractivity contribution is 6.28. The van der Waals surface area contributed by atoms with Gasteiger partial charge in [0.05, 0.1) is 22.8 Å². The van der Waals surface area contributed by atoms with Crippen molar-refractivity contribution in [3.05, 3.63) is 162 Å². The van der Waals surface area contributed by atoms with E-state index >= 15 is 0 Å². The van der Waals surface area contributed by atoms with Crippen LogP contribution < -0.4 is 0 Å². The van der Waals surface area contributed by atoms with Gasteiger partial charge in [-0.15, -0.1) is 0 Å². The van der Waals surface area contributed by atoms with Gasteiger partial charge in [-0.1, -0.05) is 123 Å². The van der Waals surface area contributed by atoms with Crippen LogP contribution in [0.4, 0.5) is 0 Å². The summed E-state index contributed by atoms with van der Waals surface area (Å²) in [5.41, 5.74) is 12.6. The number of aromatic nitrogens is 1. The highest BCUT2D eigenvalue weighted by atomic mass is 16.3. The maximum Gasteiger partial charge on any atom is 0.144 e. The molecule has 8 aromatic carbocycles. The standard InChI is InChI=1S/C49H30N2O/c1-49(2)40-25-28(27-50)19-21-30(40)31-22-20-29(26-41(31)49)44-33-12-3-5-14-35(33)45(36-15-6-4-13-34(36)44)47-39-24-23-37-32-11-8-10-18-43(32)52-48(37)46(39)38-16-7-9-17-42(38)51-47/h3-26H,1-2H3. The number of pyridine rings is 1. The SMILES string of the molecule is CC1(C)c2cc(C#N)ccc2-c2ccc(-c3c4ccccc4c(-c4nc5ccccc5c5c4ccc4c6ccccc6oc45)c4ccccc34)cc21. The van der Waals surface area contributed by atoms with Crippen LogP contribution >= 0.6 is 0 Å². The molecule has 1 aliphatic rings. The fourth-order valence-corrected chi connectivity index (χ4v) is 9.06. The average molecular weight is 663 g/mol. The first-order valence-corrected chi connectivity index (χ1v) is 17.8. The Hall–Kier alpha value is -6.76. The minimum Gasteiger partial charge on any atom is -0.455 e. The number of furan rings is 1. The van der Waals surface area contributed by atoms with Gasteiger partial charge in [0, 0.05) is 37.9 Å². The van der Waals surface area contributed by atoms with Crippen molar-refractivity contribution in [2.24, 2.45) is 0 Å². The van der Waals surface area contributed by atoms with E-state index in [-0.39, 0.29) is 5.41 Å². The third kappa shape index (κ3) is 3.81. The van der Waals surface area contributed by atoms with Crippen molar-refractivity contribution in [3.63, 3.8) is 0 Å². The molecule has 0 aliphatic heterocycles. The Kier molecular flexibility index (Phi) is 5.80. The zero-order valence-electron chi connectivity index (χ0n) is 28.7. The van der Waals surface area contributed by atoms with Crippen LogP contribution in [-0.2, 0) is 5.41 Å². The van der Waals surface area contributed by atoms with Gasteiger partial charge in [-0.25, -0.2) is 4.98 Å². The minimum atomic E-state index is -0.241. The highest BCUT2D eigenvalue weighted by Crippen LogP contribution is 2.52. The molecule has 0 saturated carbocycles. The molecule has 0 fully saturated rings. The molecule has 2 aromatic heterocycles. The molecule has 3 heteroatoms. The Bertz CT molecular complexity index is 3170. The number of hydrogen-bond acceptors (Lipinski definition) is 3. The van der Waals surface area contributed by atoms with E-state index in [1.807, 2.05) is 18.2 Å². The number of para-hydroxylation sites is 2. The smallest absolute Gasteiger partial charge is 0.144 e. The van der Waals surface area contributed by atoms with Crippen LogP contribution in [-0.4, -0.2) is 4.98 Å². The Morgan fingerprint density at radius 2 is 1.12 bits per heavy atom. The minimum absolute atomic E-state index is 0.241. The molecule has 0 bridgehead atoms. The first-order valence-electron chi connectivity index (χ1n) is 17.8. The molecule has 0 saturated heterocycles. The summed E-state index contributed by atoms with van der Waals surface area (Å²) in [6.45, 7) is 4.55. The summed E-state index contributed by atoms with van der Waals surface area (Å²) >= 11 is 0. The summed E-state index contributed by atoms with van der Waals surface area (Å²) in [5, 5.41) is 19.8. The Morgan fingerprint density at radius 3 is 1.83 bits per heavy atom. The molecule has 1 aliphatic carbocycles. The van der Waals surface area contributed by atoms with E-state index in [1.165, 1.54) is 44.2 Å². The molecule has 242 valence electrons. The lowest BCUT2D eigenvalue weighted by Gasteiger charge is -2.23. The van der Waals surface area contributed by atoms with Gasteiger partial charge in [-0.05, 0) is 91.3 Å². The van der Waals surface area contributed by atoms with E-state index in [9.17, 15) is 5.26 Å². The molecular formula is C49H30N2O. The van der Waals surface area contributed by atoms with Crippen LogP contribution in [0.5, 0.6) is 0 Å². The van der Waals surface area contributed by atoms with Gasteiger partial charge in [0.2, 0.25) is 0 Å². The molecule has 11 rings (SSSR count). The van der Waals surface area contributed by atoms with Crippen molar-refractivity contribution in [1.82, 2.24) is 4.98 Å². The lowest BCUT2D eigenvalue weighted by Crippen LogP contribution is -2.15. The van der Waals surface area contributed by atoms with Crippen LogP contribution in [0.1, 0.15) is 30.5 Å². The predicted molar refractivity (Wildman–Crippen MR) is 215 cm³/mol. The number of fused-ring (bicyclic) bond motifs is 12. The number of hydrogen-bond donors (Lipinski definition) is 0. The maximum atomic E-state index is 9.68. The largest absolute Gasteiger partial charge is 0.455 e. The van der Waals surface area contributed by atoms with Gasteiger partial charge in [0.15, 0.2) is 0 Å². The quantitative estimate of drug-likeness (QED) is 0.137. The Morgan fingerprint density at radius 1 is 0.538 bits per heavy atom. The normalized spacial score (nSPS) is 13.3. The molecule has 0 radical (unpaired) electrons. The van der Waals surface area contributed by atoms with E-state index in [2.05, 4.69) is 147 Å². The van der Waals surface area contributed by atoms with E-state index < -0.39 is 0 Å². The molecule has 0 unspecified atom stereocenters. The highest BCUT2D eigenvalue weighted by Gasteiger charge is 2.36. The summed E-state index contributed by atoms with van der Waals surface area (Å²) in [7, 11) is 0. The predicted octanol–water partition coefficient (Wildman–Crippen LogP) is 13.1. The van der Waals surface area contributed by atoms with E-state index in [4.69, 9.17) is 9.40 Å². The second-order valence-corrected chi connectivity index (χ2v) is 14.5. The topological polar surface area (TPSA) is 49.8 Å². The van der Waals surface area contributed by atoms with Gasteiger partial charge in [0.1, 0.15) is 11.2 Å². The van der Waals surface area contributed by atoms with Crippen molar-refractivity contribution >= 4 is 65.2 Å². The fraction of sp³-hybridized carbons (Fsp3) is 0.0612. The zero-order valence-corrected chi connectivity index (χ0v) is 28.7. The van der Waals surface area contributed by atoms with Gasteiger partial charge in [0.25, 0.3) is 0 Å². The van der Waals surface area contributed by atoms with Crippen molar-refractivity contribution in [3.8, 4) is 39.6 Å². The average Bonchev–Trinajstić information content (AvgIpc) is 3.68. The van der Waals surface area contributed by atoms with E-state index in [0.717, 1.165) is 65.6 Å². The van der Waals surface area contributed by atoms with Crippen LogP contribution in [0.3, 0.4) is 0 Å². The first kappa shape index (κ1) is 29.0. The lowest BCUT2D eigenvalue weighted by atomic mass is 9.80. The summed E-state index contributed by atoms with van der Waals surface area (Å²) < 4.78 is 6.66. The van der Waals surface area contributed by atoms with Crippen molar-refractivity contribution < 1.29 is 4.42 Å². The summed E-state index contributed by atoms with van der Waals surface area (Å²) in [5.74, 6) is 0. The van der Waals surface area contributed by atoms with Gasteiger partial charge in [-0.2, -0.15) is 5.26 Å². The van der Waals surface area contributed by atoms with Crippen LogP contribution in [0.25, 0.3) is 98.7 Å². The Labute approximate surface area is 300 Å². The van der Waals surface area contributed by atoms with Gasteiger partial charge in [-0.3, -0.25) is 0 Å². The lowest BCUT2D eigenvalue weighted by molar-refractivity contribution is 0.660. The van der Waals surface area contributed by atoms with Crippen LogP contribution in [0.15, 0.2) is 150 Å². The molecule has 0 atom stereocenters. The molecule has 52 heavy (non-hydrogen) atoms. The number of benzene rings is 8. The molecular weight excluding hydrogens is 633 g/mol. The summed E-state index contributed by atoms with van der Waals surface area (Å²) in [6, 6.07) is 54.1. The monoisotopic (exact) mass is 662 g/mol. The van der Waals surface area contributed by atoms with Crippen molar-refractivity contribution in [2.75, 3.05) is 0 Å². The summed E-state index contributed by atoms with van der Waals surface area (Å²) in [6.07, 6.45) is 0. The van der Waals surface area contributed by atoms with Crippen molar-refractivity contribution in [2.45, 2.75) is 19.3 Å². The van der Waals surface area contributed by atoms with Gasteiger partial charge >= 0.3 is 0 Å². The van der Waals surface area contributed by atoms with Crippen LogP contribution in [0.2, 0.25) is 0 Å². The molecule has 0 spiro atoms. The molecule has 3 nitrogen and oxygen atoms in total. The third-order valence-electron chi connectivity index (χ3n) is 11.5. The number of nitrogens with zero attached hydrogens (tertiary/aromatic N) is 2. The molecule has 0 amide bonds. The maximum absolute atomic E-state index is 9.68. The van der Waals surface area contributed by atoms with Gasteiger partial charge < -0.3 is 4.42 Å². The zero-order chi connectivity index (χ0) is 34.7. The second kappa shape index (κ2) is 10.4. The van der Waals surface area contributed by atoms with Crippen LogP contribution in [0, 0.1) is 11.3 Å². The first-order chi connectivity index (χ1) is 25.5. The van der Waals surface area contributed by atoms with E-state index in [0.29, 0.717) is 5.56 Å². The number of nitriles is 1. The van der Waals surface area contributed by atoms with Crippen molar-refractivity contribution in [1.29, 1.82) is 5.26 Å². The molecule has 0 N–H and O–H groups in total. The number of rotatable bonds is 2. The second-order valence-electron chi connectivity index (χ2n) is 14.5. The Balaban J connectivity index is 1.23. The third-order valence-corrected chi connectivity index (χ3v) is 11.5.